The minimum Gasteiger partial charge on any atom is -0.475 e. The zero-order chi connectivity index (χ0) is 21.1. The topological polar surface area (TPSA) is 84.0 Å². The maximum absolute atomic E-state index is 13.1. The predicted octanol–water partition coefficient (Wildman–Crippen LogP) is 3.32. The molecular formula is C22H20ClN5O2. The highest BCUT2D eigenvalue weighted by Gasteiger charge is 2.33. The molecule has 0 bridgehead atoms. The highest BCUT2D eigenvalue weighted by molar-refractivity contribution is 6.31. The molecule has 1 aliphatic heterocycles. The summed E-state index contributed by atoms with van der Waals surface area (Å²) in [6.07, 6.45) is 2.11. The van der Waals surface area contributed by atoms with Gasteiger partial charge in [0.25, 0.3) is 5.91 Å². The molecule has 3 aromatic rings. The van der Waals surface area contributed by atoms with Crippen molar-refractivity contribution >= 4 is 17.5 Å². The Hall–Kier alpha value is -3.37. The molecule has 1 atom stereocenters. The number of rotatable bonds is 6. The molecule has 1 aromatic carbocycles. The number of nitrogens with zero attached hydrogens (tertiary/aromatic N) is 5. The number of amides is 1. The van der Waals surface area contributed by atoms with Gasteiger partial charge in [0.1, 0.15) is 17.8 Å². The molecule has 0 fully saturated rings. The van der Waals surface area contributed by atoms with Crippen molar-refractivity contribution in [1.82, 2.24) is 19.7 Å². The second-order valence-electron chi connectivity index (χ2n) is 7.17. The van der Waals surface area contributed by atoms with Crippen LogP contribution in [0.15, 0.2) is 48.7 Å². The van der Waals surface area contributed by atoms with Gasteiger partial charge >= 0.3 is 0 Å². The average Bonchev–Trinajstić information content (AvgIpc) is 3.09. The molecule has 0 aliphatic carbocycles. The first-order chi connectivity index (χ1) is 14.6. The van der Waals surface area contributed by atoms with Crippen molar-refractivity contribution in [3.05, 3.63) is 76.2 Å². The number of ether oxygens (including phenoxy) is 1. The third kappa shape index (κ3) is 4.00. The number of aromatic nitrogens is 3. The molecule has 2 aromatic heterocycles. The zero-order valence-electron chi connectivity index (χ0n) is 16.5. The van der Waals surface area contributed by atoms with Crippen molar-refractivity contribution in [2.24, 2.45) is 0 Å². The third-order valence-corrected chi connectivity index (χ3v) is 5.52. The lowest BCUT2D eigenvalue weighted by Crippen LogP contribution is -2.46. The van der Waals surface area contributed by atoms with Gasteiger partial charge in [0.15, 0.2) is 5.69 Å². The molecule has 152 valence electrons. The summed E-state index contributed by atoms with van der Waals surface area (Å²) in [7, 11) is 0. The van der Waals surface area contributed by atoms with Crippen LogP contribution in [0.5, 0.6) is 5.88 Å². The first kappa shape index (κ1) is 19.9. The smallest absolute Gasteiger partial charge is 0.275 e. The normalized spacial score (nSPS) is 14.2. The zero-order valence-corrected chi connectivity index (χ0v) is 17.2. The van der Waals surface area contributed by atoms with Crippen molar-refractivity contribution in [3.63, 3.8) is 0 Å². The number of pyridine rings is 1. The number of hydrogen-bond acceptors (Lipinski definition) is 5. The van der Waals surface area contributed by atoms with E-state index in [0.717, 1.165) is 11.1 Å². The van der Waals surface area contributed by atoms with Gasteiger partial charge in [-0.05, 0) is 25.0 Å². The standard InChI is InChI=1S/C22H20ClN5O2/c1-15(14-30-19-8-7-17(11-24)12-25-19)27-10-9-18-20(22(27)29)26-28(21(18)23)13-16-5-3-2-4-6-16/h2-8,12,15H,9-10,13-14H2,1H3. The second-order valence-corrected chi connectivity index (χ2v) is 7.52. The van der Waals surface area contributed by atoms with Gasteiger partial charge in [-0.1, -0.05) is 41.9 Å². The van der Waals surface area contributed by atoms with Crippen LogP contribution in [-0.2, 0) is 13.0 Å². The van der Waals surface area contributed by atoms with E-state index < -0.39 is 0 Å². The Bertz CT molecular complexity index is 1090. The van der Waals surface area contributed by atoms with E-state index in [1.54, 1.807) is 21.7 Å². The fourth-order valence-electron chi connectivity index (χ4n) is 3.45. The molecule has 0 saturated heterocycles. The summed E-state index contributed by atoms with van der Waals surface area (Å²) in [5.74, 6) is 0.273. The van der Waals surface area contributed by atoms with Crippen molar-refractivity contribution < 1.29 is 9.53 Å². The van der Waals surface area contributed by atoms with Gasteiger partial charge in [-0.25, -0.2) is 9.67 Å². The summed E-state index contributed by atoms with van der Waals surface area (Å²) < 4.78 is 7.38. The number of carbonyl (C=O) groups excluding carboxylic acids is 1. The third-order valence-electron chi connectivity index (χ3n) is 5.09. The Balaban J connectivity index is 1.44. The minimum absolute atomic E-state index is 0.145. The van der Waals surface area contributed by atoms with Crippen molar-refractivity contribution in [3.8, 4) is 11.9 Å². The number of carbonyl (C=O) groups is 1. The summed E-state index contributed by atoms with van der Waals surface area (Å²) >= 11 is 6.52. The van der Waals surface area contributed by atoms with Gasteiger partial charge in [-0.2, -0.15) is 10.4 Å². The molecule has 0 spiro atoms. The number of fused-ring (bicyclic) bond motifs is 1. The fraction of sp³-hybridized carbons (Fsp3) is 0.273. The lowest BCUT2D eigenvalue weighted by molar-refractivity contribution is 0.0607. The van der Waals surface area contributed by atoms with E-state index >= 15 is 0 Å². The number of benzene rings is 1. The quantitative estimate of drug-likeness (QED) is 0.609. The number of nitriles is 1. The number of halogens is 1. The van der Waals surface area contributed by atoms with Crippen LogP contribution in [0.2, 0.25) is 5.15 Å². The number of hydrogen-bond donors (Lipinski definition) is 0. The van der Waals surface area contributed by atoms with E-state index in [0.29, 0.717) is 48.4 Å². The molecule has 3 heterocycles. The Kier molecular flexibility index (Phi) is 5.68. The maximum Gasteiger partial charge on any atom is 0.275 e. The Morgan fingerprint density at radius 1 is 1.27 bits per heavy atom. The van der Waals surface area contributed by atoms with E-state index in [9.17, 15) is 4.79 Å². The van der Waals surface area contributed by atoms with Crippen LogP contribution >= 0.6 is 11.6 Å². The van der Waals surface area contributed by atoms with E-state index in [2.05, 4.69) is 10.1 Å². The van der Waals surface area contributed by atoms with E-state index in [4.69, 9.17) is 21.6 Å². The molecular weight excluding hydrogens is 402 g/mol. The SMILES string of the molecule is CC(COc1ccc(C#N)cn1)N1CCc2c(nn(Cc3ccccc3)c2Cl)C1=O. The lowest BCUT2D eigenvalue weighted by atomic mass is 10.1. The van der Waals surface area contributed by atoms with Crippen molar-refractivity contribution in [1.29, 1.82) is 5.26 Å². The molecule has 8 heteroatoms. The van der Waals surface area contributed by atoms with Crippen LogP contribution in [0.1, 0.15) is 34.1 Å². The van der Waals surface area contributed by atoms with Gasteiger partial charge in [-0.15, -0.1) is 0 Å². The summed E-state index contributed by atoms with van der Waals surface area (Å²) in [5, 5.41) is 13.9. The van der Waals surface area contributed by atoms with Crippen LogP contribution in [0.3, 0.4) is 0 Å². The van der Waals surface area contributed by atoms with Crippen molar-refractivity contribution in [2.45, 2.75) is 25.9 Å². The molecule has 1 unspecified atom stereocenters. The molecule has 0 N–H and O–H groups in total. The van der Waals surface area contributed by atoms with Crippen LogP contribution in [0.25, 0.3) is 0 Å². The van der Waals surface area contributed by atoms with Gasteiger partial charge in [0, 0.05) is 24.4 Å². The molecule has 4 rings (SSSR count). The lowest BCUT2D eigenvalue weighted by Gasteiger charge is -2.31. The van der Waals surface area contributed by atoms with Gasteiger partial charge in [-0.3, -0.25) is 4.79 Å². The van der Waals surface area contributed by atoms with Gasteiger partial charge < -0.3 is 9.64 Å². The highest BCUT2D eigenvalue weighted by atomic mass is 35.5. The summed E-state index contributed by atoms with van der Waals surface area (Å²) in [6.45, 7) is 3.28. The van der Waals surface area contributed by atoms with Crippen LogP contribution < -0.4 is 4.74 Å². The highest BCUT2D eigenvalue weighted by Crippen LogP contribution is 2.27. The van der Waals surface area contributed by atoms with Gasteiger partial charge in [0.2, 0.25) is 5.88 Å². The van der Waals surface area contributed by atoms with Crippen LogP contribution in [-0.4, -0.2) is 44.8 Å². The molecule has 0 radical (unpaired) electrons. The second kappa shape index (κ2) is 8.56. The average molecular weight is 422 g/mol. The fourth-order valence-corrected chi connectivity index (χ4v) is 3.73. The van der Waals surface area contributed by atoms with E-state index in [-0.39, 0.29) is 11.9 Å². The first-order valence-corrected chi connectivity index (χ1v) is 10.0. The molecule has 1 amide bonds. The maximum atomic E-state index is 13.1. The largest absolute Gasteiger partial charge is 0.475 e. The van der Waals surface area contributed by atoms with Crippen LogP contribution in [0, 0.1) is 11.3 Å². The minimum atomic E-state index is -0.166. The molecule has 30 heavy (non-hydrogen) atoms. The van der Waals surface area contributed by atoms with E-state index in [1.165, 1.54) is 6.20 Å². The summed E-state index contributed by atoms with van der Waals surface area (Å²) in [6, 6.07) is 15.0. The molecule has 1 aliphatic rings. The Morgan fingerprint density at radius 3 is 2.77 bits per heavy atom. The Labute approximate surface area is 179 Å². The predicted molar refractivity (Wildman–Crippen MR) is 111 cm³/mol. The van der Waals surface area contributed by atoms with Crippen LogP contribution in [0.4, 0.5) is 0 Å². The van der Waals surface area contributed by atoms with Gasteiger partial charge in [0.05, 0.1) is 18.2 Å². The molecule has 0 saturated carbocycles. The summed E-state index contributed by atoms with van der Waals surface area (Å²) in [4.78, 5) is 18.9. The van der Waals surface area contributed by atoms with Crippen molar-refractivity contribution in [2.75, 3.05) is 13.2 Å². The first-order valence-electron chi connectivity index (χ1n) is 9.66. The monoisotopic (exact) mass is 421 g/mol. The Morgan fingerprint density at radius 2 is 2.07 bits per heavy atom. The summed E-state index contributed by atoms with van der Waals surface area (Å²) in [5.41, 5.74) is 2.75. The van der Waals surface area contributed by atoms with E-state index in [1.807, 2.05) is 43.3 Å². The molecule has 7 nitrogen and oxygen atoms in total.